The molecule has 1 saturated heterocycles. The predicted octanol–water partition coefficient (Wildman–Crippen LogP) is 0.830. The van der Waals surface area contributed by atoms with Gasteiger partial charge in [-0.25, -0.2) is 4.68 Å². The molecule has 0 atom stereocenters. The van der Waals surface area contributed by atoms with E-state index in [9.17, 15) is 4.79 Å². The van der Waals surface area contributed by atoms with Crippen molar-refractivity contribution in [2.45, 2.75) is 0 Å². The lowest BCUT2D eigenvalue weighted by molar-refractivity contribution is 0.0934. The van der Waals surface area contributed by atoms with E-state index in [1.165, 1.54) is 0 Å². The summed E-state index contributed by atoms with van der Waals surface area (Å²) in [6, 6.07) is 9.63. The molecule has 2 N–H and O–H groups in total. The lowest BCUT2D eigenvalue weighted by atomic mass is 10.0. The first-order valence-corrected chi connectivity index (χ1v) is 6.96. The lowest BCUT2D eigenvalue weighted by Gasteiger charge is -2.26. The molecule has 0 radical (unpaired) electrons. The molecule has 0 aliphatic carbocycles. The maximum Gasteiger partial charge on any atom is 0.275 e. The van der Waals surface area contributed by atoms with E-state index in [0.717, 1.165) is 18.8 Å². The first-order chi connectivity index (χ1) is 10.3. The number of nitrogens with zero attached hydrogens (tertiary/aromatic N) is 2. The van der Waals surface area contributed by atoms with Crippen LogP contribution in [0.5, 0.6) is 5.75 Å². The van der Waals surface area contributed by atoms with Crippen molar-refractivity contribution < 1.29 is 9.53 Å². The summed E-state index contributed by atoms with van der Waals surface area (Å²) >= 11 is 0. The van der Waals surface area contributed by atoms with Gasteiger partial charge in [-0.15, -0.1) is 0 Å². The van der Waals surface area contributed by atoms with Crippen LogP contribution in [-0.4, -0.2) is 42.4 Å². The van der Waals surface area contributed by atoms with Gasteiger partial charge in [-0.2, -0.15) is 5.10 Å². The maximum absolute atomic E-state index is 12.2. The molecule has 1 aromatic carbocycles. The van der Waals surface area contributed by atoms with E-state index < -0.39 is 0 Å². The lowest BCUT2D eigenvalue weighted by Crippen LogP contribution is -2.48. The van der Waals surface area contributed by atoms with Gasteiger partial charge in [-0.05, 0) is 12.1 Å². The Morgan fingerprint density at radius 3 is 2.81 bits per heavy atom. The number of para-hydroxylation sites is 1. The summed E-state index contributed by atoms with van der Waals surface area (Å²) in [5, 5.41) is 10.4. The number of aromatic nitrogens is 2. The molecule has 110 valence electrons. The van der Waals surface area contributed by atoms with Gasteiger partial charge in [0.1, 0.15) is 0 Å². The number of ether oxygens (including phenoxy) is 1. The van der Waals surface area contributed by atoms with Gasteiger partial charge in [-0.3, -0.25) is 4.79 Å². The summed E-state index contributed by atoms with van der Waals surface area (Å²) < 4.78 is 6.91. The molecule has 21 heavy (non-hydrogen) atoms. The third-order valence-corrected chi connectivity index (χ3v) is 3.55. The van der Waals surface area contributed by atoms with Gasteiger partial charge in [0.05, 0.1) is 19.0 Å². The van der Waals surface area contributed by atoms with E-state index in [2.05, 4.69) is 15.7 Å². The number of carbonyl (C=O) groups excluding carboxylic acids is 1. The quantitative estimate of drug-likeness (QED) is 0.854. The highest BCUT2D eigenvalue weighted by Crippen LogP contribution is 2.19. The highest BCUT2D eigenvalue weighted by Gasteiger charge is 2.21. The highest BCUT2D eigenvalue weighted by molar-refractivity contribution is 5.94. The summed E-state index contributed by atoms with van der Waals surface area (Å²) in [6.07, 6.45) is 1.72. The molecule has 2 aromatic rings. The zero-order chi connectivity index (χ0) is 14.7. The molecule has 6 nitrogen and oxygen atoms in total. The summed E-state index contributed by atoms with van der Waals surface area (Å²) in [4.78, 5) is 12.2. The largest absolute Gasteiger partial charge is 0.493 e. The van der Waals surface area contributed by atoms with Gasteiger partial charge in [0.2, 0.25) is 0 Å². The fourth-order valence-electron chi connectivity index (χ4n) is 2.19. The third kappa shape index (κ3) is 2.90. The van der Waals surface area contributed by atoms with Crippen LogP contribution in [0.2, 0.25) is 0 Å². The van der Waals surface area contributed by atoms with E-state index in [1.807, 2.05) is 30.3 Å². The Bertz CT molecular complexity index is 620. The van der Waals surface area contributed by atoms with Gasteiger partial charge in [0.25, 0.3) is 5.91 Å². The van der Waals surface area contributed by atoms with Crippen LogP contribution in [0.4, 0.5) is 0 Å². The van der Waals surface area contributed by atoms with E-state index >= 15 is 0 Å². The molecular formula is C15H18N4O2. The van der Waals surface area contributed by atoms with Gasteiger partial charge in [-0.1, -0.05) is 18.2 Å². The van der Waals surface area contributed by atoms with Crippen molar-refractivity contribution in [1.29, 1.82) is 0 Å². The van der Waals surface area contributed by atoms with E-state index in [1.54, 1.807) is 18.0 Å². The Morgan fingerprint density at radius 1 is 1.43 bits per heavy atom. The Kier molecular flexibility index (Phi) is 3.87. The number of nitrogens with one attached hydrogen (secondary N) is 2. The minimum atomic E-state index is -0.201. The molecule has 1 amide bonds. The number of rotatable bonds is 5. The first-order valence-electron chi connectivity index (χ1n) is 6.96. The molecule has 1 aliphatic heterocycles. The van der Waals surface area contributed by atoms with E-state index in [-0.39, 0.29) is 5.91 Å². The molecular weight excluding hydrogens is 268 g/mol. The van der Waals surface area contributed by atoms with E-state index in [0.29, 0.717) is 23.9 Å². The van der Waals surface area contributed by atoms with Crippen molar-refractivity contribution in [1.82, 2.24) is 20.4 Å². The fraction of sp³-hybridized carbons (Fsp3) is 0.333. The SMILES string of the molecule is COc1cn(-c2ccccc2)nc1C(=O)NCC1CNC1. The molecule has 1 aromatic heterocycles. The van der Waals surface area contributed by atoms with Crippen LogP contribution in [0.1, 0.15) is 10.5 Å². The normalized spacial score (nSPS) is 14.5. The Balaban J connectivity index is 1.77. The van der Waals surface area contributed by atoms with Gasteiger partial charge in [0, 0.05) is 25.6 Å². The molecule has 3 rings (SSSR count). The molecule has 0 spiro atoms. The fourth-order valence-corrected chi connectivity index (χ4v) is 2.19. The predicted molar refractivity (Wildman–Crippen MR) is 78.8 cm³/mol. The van der Waals surface area contributed by atoms with Crippen LogP contribution in [0.15, 0.2) is 36.5 Å². The molecule has 2 heterocycles. The first kappa shape index (κ1) is 13.6. The van der Waals surface area contributed by atoms with Crippen molar-refractivity contribution in [2.75, 3.05) is 26.7 Å². The average Bonchev–Trinajstić information content (AvgIpc) is 2.90. The number of amides is 1. The number of carbonyl (C=O) groups is 1. The number of hydrogen-bond donors (Lipinski definition) is 2. The van der Waals surface area contributed by atoms with Crippen LogP contribution in [-0.2, 0) is 0 Å². The van der Waals surface area contributed by atoms with Crippen molar-refractivity contribution in [3.8, 4) is 11.4 Å². The molecule has 0 bridgehead atoms. The number of hydrogen-bond acceptors (Lipinski definition) is 4. The second-order valence-electron chi connectivity index (χ2n) is 5.06. The molecule has 6 heteroatoms. The van der Waals surface area contributed by atoms with Gasteiger partial charge in [0.15, 0.2) is 11.4 Å². The highest BCUT2D eigenvalue weighted by atomic mass is 16.5. The minimum Gasteiger partial charge on any atom is -0.493 e. The van der Waals surface area contributed by atoms with Crippen LogP contribution in [0.25, 0.3) is 5.69 Å². The van der Waals surface area contributed by atoms with Crippen LogP contribution in [0.3, 0.4) is 0 Å². The Labute approximate surface area is 123 Å². The molecule has 0 unspecified atom stereocenters. The monoisotopic (exact) mass is 286 g/mol. The van der Waals surface area contributed by atoms with Crippen LogP contribution < -0.4 is 15.4 Å². The Morgan fingerprint density at radius 2 is 2.19 bits per heavy atom. The molecule has 1 aliphatic rings. The number of methoxy groups -OCH3 is 1. The van der Waals surface area contributed by atoms with E-state index in [4.69, 9.17) is 4.74 Å². The van der Waals surface area contributed by atoms with Crippen molar-refractivity contribution in [2.24, 2.45) is 5.92 Å². The van der Waals surface area contributed by atoms with Crippen LogP contribution >= 0.6 is 0 Å². The van der Waals surface area contributed by atoms with Gasteiger partial charge < -0.3 is 15.4 Å². The molecule has 1 fully saturated rings. The third-order valence-electron chi connectivity index (χ3n) is 3.55. The summed E-state index contributed by atoms with van der Waals surface area (Å²) in [5.74, 6) is 0.785. The van der Waals surface area contributed by atoms with Crippen molar-refractivity contribution >= 4 is 5.91 Å². The average molecular weight is 286 g/mol. The minimum absolute atomic E-state index is 0.201. The topological polar surface area (TPSA) is 68.2 Å². The standard InChI is InChI=1S/C15H18N4O2/c1-21-13-10-19(12-5-3-2-4-6-12)18-14(13)15(20)17-9-11-7-16-8-11/h2-6,10-11,16H,7-9H2,1H3,(H,17,20). The zero-order valence-electron chi connectivity index (χ0n) is 11.9. The summed E-state index contributed by atoms with van der Waals surface area (Å²) in [7, 11) is 1.54. The second kappa shape index (κ2) is 5.97. The van der Waals surface area contributed by atoms with Crippen molar-refractivity contribution in [3.63, 3.8) is 0 Å². The second-order valence-corrected chi connectivity index (χ2v) is 5.06. The molecule has 0 saturated carbocycles. The van der Waals surface area contributed by atoms with Gasteiger partial charge >= 0.3 is 0 Å². The zero-order valence-corrected chi connectivity index (χ0v) is 11.9. The summed E-state index contributed by atoms with van der Waals surface area (Å²) in [6.45, 7) is 2.57. The van der Waals surface area contributed by atoms with Crippen molar-refractivity contribution in [3.05, 3.63) is 42.2 Å². The Hall–Kier alpha value is -2.34. The smallest absolute Gasteiger partial charge is 0.275 e. The maximum atomic E-state index is 12.2. The number of benzene rings is 1. The van der Waals surface area contributed by atoms with Crippen LogP contribution in [0, 0.1) is 5.92 Å². The summed E-state index contributed by atoms with van der Waals surface area (Å²) in [5.41, 5.74) is 1.20.